The third-order valence-electron chi connectivity index (χ3n) is 3.95. The zero-order chi connectivity index (χ0) is 16.4. The lowest BCUT2D eigenvalue weighted by Crippen LogP contribution is -1.98. The Morgan fingerprint density at radius 3 is 2.62 bits per heavy atom. The van der Waals surface area contributed by atoms with Gasteiger partial charge in [-0.2, -0.15) is 4.98 Å². The molecular formula is C20H16N2O2. The fraction of sp³-hybridized carbons (Fsp3) is 0.100. The van der Waals surface area contributed by atoms with Crippen molar-refractivity contribution >= 4 is 10.8 Å². The molecule has 4 heteroatoms. The van der Waals surface area contributed by atoms with Gasteiger partial charge in [-0.05, 0) is 30.0 Å². The Morgan fingerprint density at radius 1 is 0.917 bits per heavy atom. The van der Waals surface area contributed by atoms with E-state index in [1.807, 2.05) is 61.5 Å². The summed E-state index contributed by atoms with van der Waals surface area (Å²) >= 11 is 0. The van der Waals surface area contributed by atoms with Crippen molar-refractivity contribution in [3.8, 4) is 17.2 Å². The number of hydrogen-bond acceptors (Lipinski definition) is 4. The molecule has 0 amide bonds. The summed E-state index contributed by atoms with van der Waals surface area (Å²) in [6.07, 6.45) is 0. The second kappa shape index (κ2) is 6.16. The van der Waals surface area contributed by atoms with E-state index in [2.05, 4.69) is 22.3 Å². The van der Waals surface area contributed by atoms with Gasteiger partial charge in [0.2, 0.25) is 5.82 Å². The van der Waals surface area contributed by atoms with Crippen LogP contribution in [0.3, 0.4) is 0 Å². The maximum Gasteiger partial charge on any atom is 0.258 e. The largest absolute Gasteiger partial charge is 0.485 e. The van der Waals surface area contributed by atoms with Crippen LogP contribution in [-0.4, -0.2) is 10.1 Å². The molecule has 4 aromatic rings. The number of ether oxygens (including phenoxy) is 1. The summed E-state index contributed by atoms with van der Waals surface area (Å²) < 4.78 is 11.3. The van der Waals surface area contributed by atoms with Gasteiger partial charge in [-0.25, -0.2) is 0 Å². The van der Waals surface area contributed by atoms with Crippen molar-refractivity contribution < 1.29 is 9.26 Å². The third-order valence-corrected chi connectivity index (χ3v) is 3.95. The molecule has 1 aromatic heterocycles. The van der Waals surface area contributed by atoms with Gasteiger partial charge in [-0.15, -0.1) is 0 Å². The summed E-state index contributed by atoms with van der Waals surface area (Å²) in [7, 11) is 0. The first-order valence-electron chi connectivity index (χ1n) is 7.80. The summed E-state index contributed by atoms with van der Waals surface area (Å²) in [6.45, 7) is 2.29. The summed E-state index contributed by atoms with van der Waals surface area (Å²) in [4.78, 5) is 4.43. The van der Waals surface area contributed by atoms with Gasteiger partial charge in [-0.1, -0.05) is 59.8 Å². The lowest BCUT2D eigenvalue weighted by atomic mass is 10.1. The van der Waals surface area contributed by atoms with E-state index >= 15 is 0 Å². The average Bonchev–Trinajstić information content (AvgIpc) is 3.09. The van der Waals surface area contributed by atoms with Crippen LogP contribution in [0.25, 0.3) is 22.2 Å². The van der Waals surface area contributed by atoms with Crippen LogP contribution < -0.4 is 4.74 Å². The minimum absolute atomic E-state index is 0.267. The summed E-state index contributed by atoms with van der Waals surface area (Å²) in [5, 5.41) is 6.23. The molecule has 118 valence electrons. The smallest absolute Gasteiger partial charge is 0.258 e. The molecule has 0 unspecified atom stereocenters. The number of hydrogen-bond donors (Lipinski definition) is 0. The van der Waals surface area contributed by atoms with Gasteiger partial charge in [0.15, 0.2) is 6.61 Å². The quantitative estimate of drug-likeness (QED) is 0.544. The van der Waals surface area contributed by atoms with E-state index in [9.17, 15) is 0 Å². The second-order valence-electron chi connectivity index (χ2n) is 5.60. The van der Waals surface area contributed by atoms with E-state index in [1.165, 1.54) is 0 Å². The van der Waals surface area contributed by atoms with E-state index in [1.54, 1.807) is 0 Å². The summed E-state index contributed by atoms with van der Waals surface area (Å²) in [5.41, 5.74) is 2.05. The molecule has 0 atom stereocenters. The molecule has 0 radical (unpaired) electrons. The predicted octanol–water partition coefficient (Wildman–Crippen LogP) is 4.78. The standard InChI is InChI=1S/C20H16N2O2/c1-14-7-2-4-10-16(14)20-21-19(22-24-20)13-23-18-12-6-9-15-8-3-5-11-17(15)18/h2-12H,13H2,1H3. The molecule has 0 saturated carbocycles. The van der Waals surface area contributed by atoms with Crippen LogP contribution in [0.15, 0.2) is 71.3 Å². The predicted molar refractivity (Wildman–Crippen MR) is 92.8 cm³/mol. The fourth-order valence-electron chi connectivity index (χ4n) is 2.70. The monoisotopic (exact) mass is 316 g/mol. The van der Waals surface area contributed by atoms with E-state index in [4.69, 9.17) is 9.26 Å². The Hall–Kier alpha value is -3.14. The van der Waals surface area contributed by atoms with Gasteiger partial charge < -0.3 is 9.26 Å². The van der Waals surface area contributed by atoms with E-state index in [-0.39, 0.29) is 6.61 Å². The van der Waals surface area contributed by atoms with Crippen LogP contribution in [0.5, 0.6) is 5.75 Å². The van der Waals surface area contributed by atoms with Crippen LogP contribution in [0.2, 0.25) is 0 Å². The molecule has 3 aromatic carbocycles. The molecule has 0 aliphatic carbocycles. The highest BCUT2D eigenvalue weighted by Crippen LogP contribution is 2.26. The van der Waals surface area contributed by atoms with Crippen molar-refractivity contribution in [2.45, 2.75) is 13.5 Å². The normalized spacial score (nSPS) is 10.9. The fourth-order valence-corrected chi connectivity index (χ4v) is 2.70. The van der Waals surface area contributed by atoms with Crippen molar-refractivity contribution in [3.63, 3.8) is 0 Å². The highest BCUT2D eigenvalue weighted by Gasteiger charge is 2.11. The third kappa shape index (κ3) is 2.74. The van der Waals surface area contributed by atoms with Crippen molar-refractivity contribution in [3.05, 3.63) is 78.1 Å². The Bertz CT molecular complexity index is 986. The number of aryl methyl sites for hydroxylation is 1. The first-order chi connectivity index (χ1) is 11.8. The highest BCUT2D eigenvalue weighted by molar-refractivity contribution is 5.88. The Morgan fingerprint density at radius 2 is 1.71 bits per heavy atom. The molecule has 0 fully saturated rings. The number of nitrogens with zero attached hydrogens (tertiary/aromatic N) is 2. The Balaban J connectivity index is 1.56. The van der Waals surface area contributed by atoms with Gasteiger partial charge in [-0.3, -0.25) is 0 Å². The molecule has 24 heavy (non-hydrogen) atoms. The minimum atomic E-state index is 0.267. The van der Waals surface area contributed by atoms with Gasteiger partial charge in [0.25, 0.3) is 5.89 Å². The number of aromatic nitrogens is 2. The van der Waals surface area contributed by atoms with Crippen LogP contribution in [-0.2, 0) is 6.61 Å². The molecule has 4 nitrogen and oxygen atoms in total. The summed E-state index contributed by atoms with van der Waals surface area (Å²) in [5.74, 6) is 1.86. The molecule has 0 aliphatic heterocycles. The van der Waals surface area contributed by atoms with Crippen LogP contribution in [0.4, 0.5) is 0 Å². The first-order valence-corrected chi connectivity index (χ1v) is 7.80. The minimum Gasteiger partial charge on any atom is -0.485 e. The zero-order valence-corrected chi connectivity index (χ0v) is 13.3. The van der Waals surface area contributed by atoms with E-state index in [0.717, 1.165) is 27.6 Å². The molecule has 0 spiro atoms. The molecular weight excluding hydrogens is 300 g/mol. The van der Waals surface area contributed by atoms with Crippen molar-refractivity contribution in [2.24, 2.45) is 0 Å². The average molecular weight is 316 g/mol. The second-order valence-corrected chi connectivity index (χ2v) is 5.60. The molecule has 0 N–H and O–H groups in total. The molecule has 4 rings (SSSR count). The van der Waals surface area contributed by atoms with Gasteiger partial charge in [0.05, 0.1) is 0 Å². The SMILES string of the molecule is Cc1ccccc1-c1nc(COc2cccc3ccccc23)no1. The van der Waals surface area contributed by atoms with Crippen LogP contribution in [0, 0.1) is 6.92 Å². The van der Waals surface area contributed by atoms with Crippen LogP contribution >= 0.6 is 0 Å². The summed E-state index contributed by atoms with van der Waals surface area (Å²) in [6, 6.07) is 22.0. The zero-order valence-electron chi connectivity index (χ0n) is 13.3. The molecule has 1 heterocycles. The number of benzene rings is 3. The topological polar surface area (TPSA) is 48.2 Å². The lowest BCUT2D eigenvalue weighted by molar-refractivity contribution is 0.290. The van der Waals surface area contributed by atoms with Gasteiger partial charge >= 0.3 is 0 Å². The maximum absolute atomic E-state index is 5.90. The van der Waals surface area contributed by atoms with E-state index in [0.29, 0.717) is 11.7 Å². The molecule has 0 bridgehead atoms. The van der Waals surface area contributed by atoms with Gasteiger partial charge in [0, 0.05) is 10.9 Å². The Kier molecular flexibility index (Phi) is 3.71. The molecule has 0 saturated heterocycles. The van der Waals surface area contributed by atoms with Gasteiger partial charge in [0.1, 0.15) is 5.75 Å². The number of rotatable bonds is 4. The van der Waals surface area contributed by atoms with Crippen molar-refractivity contribution in [1.82, 2.24) is 10.1 Å². The van der Waals surface area contributed by atoms with Crippen molar-refractivity contribution in [1.29, 1.82) is 0 Å². The number of fused-ring (bicyclic) bond motifs is 1. The Labute approximate surface area is 139 Å². The lowest BCUT2D eigenvalue weighted by Gasteiger charge is -2.07. The van der Waals surface area contributed by atoms with Crippen LogP contribution in [0.1, 0.15) is 11.4 Å². The van der Waals surface area contributed by atoms with Crippen molar-refractivity contribution in [2.75, 3.05) is 0 Å². The highest BCUT2D eigenvalue weighted by atomic mass is 16.5. The maximum atomic E-state index is 5.90. The van der Waals surface area contributed by atoms with E-state index < -0.39 is 0 Å². The first kappa shape index (κ1) is 14.5. The molecule has 0 aliphatic rings.